The normalized spacial score (nSPS) is 18.4. The SMILES string of the molecule is CC(C)(C)OC(=O)NCC#Cc1cccc2c1C(=O)N(C1CCC(=O)NC1=O)C2=O. The third kappa shape index (κ3) is 4.33. The van der Waals surface area contributed by atoms with Crippen molar-refractivity contribution in [1.29, 1.82) is 0 Å². The van der Waals surface area contributed by atoms with Crippen LogP contribution in [0, 0.1) is 11.8 Å². The summed E-state index contributed by atoms with van der Waals surface area (Å²) in [5.41, 5.74) is -0.0653. The molecule has 1 saturated heterocycles. The predicted octanol–water partition coefficient (Wildman–Crippen LogP) is 0.964. The van der Waals surface area contributed by atoms with Gasteiger partial charge in [-0.3, -0.25) is 29.4 Å². The van der Waals surface area contributed by atoms with E-state index in [2.05, 4.69) is 22.5 Å². The molecule has 1 aromatic carbocycles. The van der Waals surface area contributed by atoms with Crippen molar-refractivity contribution in [2.45, 2.75) is 45.3 Å². The van der Waals surface area contributed by atoms with Gasteiger partial charge in [0.1, 0.15) is 11.6 Å². The molecule has 156 valence electrons. The lowest BCUT2D eigenvalue weighted by Gasteiger charge is -2.27. The van der Waals surface area contributed by atoms with Gasteiger partial charge < -0.3 is 10.1 Å². The highest BCUT2D eigenvalue weighted by molar-refractivity contribution is 6.24. The number of carbonyl (C=O) groups is 5. The number of imide groups is 2. The molecule has 2 aliphatic rings. The summed E-state index contributed by atoms with van der Waals surface area (Å²) in [4.78, 5) is 61.7. The first kappa shape index (κ1) is 21.0. The molecular weight excluding hydrogens is 390 g/mol. The van der Waals surface area contributed by atoms with Gasteiger partial charge in [0.25, 0.3) is 11.8 Å². The molecule has 0 spiro atoms. The second kappa shape index (κ2) is 7.99. The molecule has 1 aromatic rings. The van der Waals surface area contributed by atoms with Crippen LogP contribution in [0.4, 0.5) is 4.79 Å². The molecule has 5 amide bonds. The zero-order valence-corrected chi connectivity index (χ0v) is 16.8. The summed E-state index contributed by atoms with van der Waals surface area (Å²) in [6.07, 6.45) is -0.491. The van der Waals surface area contributed by atoms with E-state index in [1.54, 1.807) is 32.9 Å². The summed E-state index contributed by atoms with van der Waals surface area (Å²) in [5, 5.41) is 4.64. The summed E-state index contributed by atoms with van der Waals surface area (Å²) in [6.45, 7) is 5.20. The van der Waals surface area contributed by atoms with E-state index in [0.29, 0.717) is 5.56 Å². The smallest absolute Gasteiger partial charge is 0.408 e. The molecule has 0 saturated carbocycles. The first-order chi connectivity index (χ1) is 14.1. The Balaban J connectivity index is 1.77. The molecule has 0 aliphatic carbocycles. The van der Waals surface area contributed by atoms with Crippen molar-refractivity contribution in [3.63, 3.8) is 0 Å². The van der Waals surface area contributed by atoms with Gasteiger partial charge in [-0.1, -0.05) is 17.9 Å². The number of nitrogens with one attached hydrogen (secondary N) is 2. The summed E-state index contributed by atoms with van der Waals surface area (Å²) >= 11 is 0. The van der Waals surface area contributed by atoms with E-state index in [1.165, 1.54) is 6.07 Å². The average Bonchev–Trinajstić information content (AvgIpc) is 2.89. The summed E-state index contributed by atoms with van der Waals surface area (Å²) in [6, 6.07) is 3.62. The quantitative estimate of drug-likeness (QED) is 0.552. The molecule has 9 heteroatoms. The van der Waals surface area contributed by atoms with Gasteiger partial charge in [-0.15, -0.1) is 0 Å². The van der Waals surface area contributed by atoms with Crippen LogP contribution in [0.2, 0.25) is 0 Å². The Labute approximate surface area is 173 Å². The maximum atomic E-state index is 12.9. The highest BCUT2D eigenvalue weighted by Gasteiger charge is 2.45. The summed E-state index contributed by atoms with van der Waals surface area (Å²) < 4.78 is 5.11. The lowest BCUT2D eigenvalue weighted by molar-refractivity contribution is -0.136. The van der Waals surface area contributed by atoms with Crippen molar-refractivity contribution in [2.75, 3.05) is 6.54 Å². The first-order valence-electron chi connectivity index (χ1n) is 9.39. The topological polar surface area (TPSA) is 122 Å². The number of rotatable bonds is 2. The van der Waals surface area contributed by atoms with Crippen LogP contribution in [-0.2, 0) is 14.3 Å². The molecule has 30 heavy (non-hydrogen) atoms. The molecule has 0 bridgehead atoms. The van der Waals surface area contributed by atoms with Crippen molar-refractivity contribution in [1.82, 2.24) is 15.5 Å². The third-order valence-electron chi connectivity index (χ3n) is 4.41. The van der Waals surface area contributed by atoms with Crippen molar-refractivity contribution < 1.29 is 28.7 Å². The van der Waals surface area contributed by atoms with E-state index in [0.717, 1.165) is 4.90 Å². The minimum atomic E-state index is -1.04. The molecule has 3 rings (SSSR count). The van der Waals surface area contributed by atoms with Gasteiger partial charge in [0.05, 0.1) is 17.7 Å². The Bertz CT molecular complexity index is 1010. The van der Waals surface area contributed by atoms with Crippen molar-refractivity contribution in [2.24, 2.45) is 0 Å². The van der Waals surface area contributed by atoms with Gasteiger partial charge in [0.15, 0.2) is 0 Å². The molecule has 0 radical (unpaired) electrons. The number of hydrogen-bond donors (Lipinski definition) is 2. The first-order valence-corrected chi connectivity index (χ1v) is 9.39. The van der Waals surface area contributed by atoms with Crippen LogP contribution in [-0.4, -0.2) is 52.8 Å². The van der Waals surface area contributed by atoms with Crippen molar-refractivity contribution in [3.8, 4) is 11.8 Å². The Morgan fingerprint density at radius 3 is 2.63 bits per heavy atom. The number of benzene rings is 1. The molecular formula is C21H21N3O6. The van der Waals surface area contributed by atoms with Gasteiger partial charge in [-0.25, -0.2) is 4.79 Å². The number of nitrogens with zero attached hydrogens (tertiary/aromatic N) is 1. The molecule has 2 heterocycles. The number of piperidine rings is 1. The van der Waals surface area contributed by atoms with Crippen molar-refractivity contribution in [3.05, 3.63) is 34.9 Å². The lowest BCUT2D eigenvalue weighted by atomic mass is 10.0. The van der Waals surface area contributed by atoms with Gasteiger partial charge in [0.2, 0.25) is 11.8 Å². The Hall–Kier alpha value is -3.67. The van der Waals surface area contributed by atoms with E-state index in [4.69, 9.17) is 4.74 Å². The fraction of sp³-hybridized carbons (Fsp3) is 0.381. The lowest BCUT2D eigenvalue weighted by Crippen LogP contribution is -2.54. The van der Waals surface area contributed by atoms with Crippen LogP contribution < -0.4 is 10.6 Å². The highest BCUT2D eigenvalue weighted by Crippen LogP contribution is 2.29. The minimum absolute atomic E-state index is 0.0163. The predicted molar refractivity (Wildman–Crippen MR) is 104 cm³/mol. The molecule has 9 nitrogen and oxygen atoms in total. The fourth-order valence-electron chi connectivity index (χ4n) is 3.19. The maximum absolute atomic E-state index is 12.9. The molecule has 1 fully saturated rings. The van der Waals surface area contributed by atoms with E-state index in [1.807, 2.05) is 0 Å². The second-order valence-electron chi connectivity index (χ2n) is 7.83. The largest absolute Gasteiger partial charge is 0.444 e. The summed E-state index contributed by atoms with van der Waals surface area (Å²) in [5.74, 6) is 3.17. The highest BCUT2D eigenvalue weighted by atomic mass is 16.6. The van der Waals surface area contributed by atoms with Crippen LogP contribution in [0.5, 0.6) is 0 Å². The number of hydrogen-bond acceptors (Lipinski definition) is 6. The molecule has 1 unspecified atom stereocenters. The van der Waals surface area contributed by atoms with E-state index in [-0.39, 0.29) is 30.5 Å². The van der Waals surface area contributed by atoms with Crippen LogP contribution in [0.3, 0.4) is 0 Å². The monoisotopic (exact) mass is 411 g/mol. The maximum Gasteiger partial charge on any atom is 0.408 e. The zero-order chi connectivity index (χ0) is 22.1. The Morgan fingerprint density at radius 1 is 1.23 bits per heavy atom. The number of amides is 5. The van der Waals surface area contributed by atoms with E-state index < -0.39 is 41.4 Å². The average molecular weight is 411 g/mol. The van der Waals surface area contributed by atoms with Gasteiger partial charge in [-0.05, 0) is 39.3 Å². The molecule has 2 aliphatic heterocycles. The third-order valence-corrected chi connectivity index (χ3v) is 4.41. The number of fused-ring (bicyclic) bond motifs is 1. The number of carbonyl (C=O) groups excluding carboxylic acids is 5. The van der Waals surface area contributed by atoms with Crippen LogP contribution in [0.15, 0.2) is 18.2 Å². The zero-order valence-electron chi connectivity index (χ0n) is 16.8. The Morgan fingerprint density at radius 2 is 1.97 bits per heavy atom. The van der Waals surface area contributed by atoms with E-state index in [9.17, 15) is 24.0 Å². The number of alkyl carbamates (subject to hydrolysis) is 1. The van der Waals surface area contributed by atoms with Gasteiger partial charge in [-0.2, -0.15) is 0 Å². The molecule has 2 N–H and O–H groups in total. The second-order valence-corrected chi connectivity index (χ2v) is 7.83. The minimum Gasteiger partial charge on any atom is -0.444 e. The molecule has 1 atom stereocenters. The fourth-order valence-corrected chi connectivity index (χ4v) is 3.19. The number of ether oxygens (including phenoxy) is 1. The summed E-state index contributed by atoms with van der Waals surface area (Å²) in [7, 11) is 0. The molecule has 0 aromatic heterocycles. The van der Waals surface area contributed by atoms with Crippen molar-refractivity contribution >= 4 is 29.7 Å². The standard InChI is InChI=1S/C21H21N3O6/c1-21(2,3)30-20(29)22-11-5-7-12-6-4-8-13-16(12)19(28)24(18(13)27)14-9-10-15(25)23-17(14)26/h4,6,8,14H,9-11H2,1-3H3,(H,22,29)(H,23,25,26). The van der Waals surface area contributed by atoms with Crippen LogP contribution in [0.25, 0.3) is 0 Å². The van der Waals surface area contributed by atoms with Gasteiger partial charge >= 0.3 is 6.09 Å². The van der Waals surface area contributed by atoms with Crippen LogP contribution >= 0.6 is 0 Å². The Kier molecular flexibility index (Phi) is 5.60. The van der Waals surface area contributed by atoms with Crippen LogP contribution in [0.1, 0.15) is 59.9 Å². The van der Waals surface area contributed by atoms with E-state index >= 15 is 0 Å². The van der Waals surface area contributed by atoms with Gasteiger partial charge in [0, 0.05) is 12.0 Å².